The second-order valence-corrected chi connectivity index (χ2v) is 3.13. The molecule has 0 saturated heterocycles. The zero-order valence-electron chi connectivity index (χ0n) is 7.73. The molecule has 2 rings (SSSR count). The number of anilines is 1. The molecule has 1 aliphatic rings. The van der Waals surface area contributed by atoms with Gasteiger partial charge < -0.3 is 10.8 Å². The summed E-state index contributed by atoms with van der Waals surface area (Å²) in [5.41, 5.74) is 8.97. The highest BCUT2D eigenvalue weighted by Gasteiger charge is 2.27. The number of carbonyl (C=O) groups is 2. The SMILES string of the molecule is NC(=O)N1NCc2cccc(C(=O)O)c21. The topological polar surface area (TPSA) is 95.7 Å². The fraction of sp³-hybridized carbons (Fsp3) is 0.111. The third kappa shape index (κ3) is 1.40. The molecule has 0 atom stereocenters. The number of hydrazine groups is 1. The highest BCUT2D eigenvalue weighted by atomic mass is 16.4. The summed E-state index contributed by atoms with van der Waals surface area (Å²) in [6.07, 6.45) is 0. The van der Waals surface area contributed by atoms with Crippen molar-refractivity contribution in [2.75, 3.05) is 5.01 Å². The Kier molecular flexibility index (Phi) is 2.05. The van der Waals surface area contributed by atoms with E-state index in [1.807, 2.05) is 0 Å². The van der Waals surface area contributed by atoms with Crippen LogP contribution in [0, 0.1) is 0 Å². The summed E-state index contributed by atoms with van der Waals surface area (Å²) in [6, 6.07) is 4.10. The number of carbonyl (C=O) groups excluding carboxylic acids is 1. The van der Waals surface area contributed by atoms with Crippen molar-refractivity contribution >= 4 is 17.7 Å². The van der Waals surface area contributed by atoms with E-state index in [9.17, 15) is 9.59 Å². The second kappa shape index (κ2) is 3.25. The molecule has 1 aliphatic heterocycles. The van der Waals surface area contributed by atoms with Crippen LogP contribution in [0.3, 0.4) is 0 Å². The summed E-state index contributed by atoms with van der Waals surface area (Å²) in [6.45, 7) is 0.402. The number of carboxylic acid groups (broad SMARTS) is 1. The smallest absolute Gasteiger partial charge is 0.337 e. The first-order valence-corrected chi connectivity index (χ1v) is 4.29. The minimum atomic E-state index is -1.08. The molecule has 1 aromatic carbocycles. The molecule has 2 amide bonds. The van der Waals surface area contributed by atoms with Crippen molar-refractivity contribution in [3.63, 3.8) is 0 Å². The monoisotopic (exact) mass is 207 g/mol. The quantitative estimate of drug-likeness (QED) is 0.616. The predicted molar refractivity (Wildman–Crippen MR) is 52.3 cm³/mol. The summed E-state index contributed by atoms with van der Waals surface area (Å²) < 4.78 is 0. The third-order valence-electron chi connectivity index (χ3n) is 2.22. The molecular weight excluding hydrogens is 198 g/mol. The van der Waals surface area contributed by atoms with Crippen LogP contribution >= 0.6 is 0 Å². The molecule has 15 heavy (non-hydrogen) atoms. The lowest BCUT2D eigenvalue weighted by Gasteiger charge is -2.15. The minimum Gasteiger partial charge on any atom is -0.478 e. The molecule has 4 N–H and O–H groups in total. The van der Waals surface area contributed by atoms with Gasteiger partial charge in [0.05, 0.1) is 11.3 Å². The molecule has 0 bridgehead atoms. The zero-order valence-corrected chi connectivity index (χ0v) is 7.73. The van der Waals surface area contributed by atoms with Crippen LogP contribution in [-0.4, -0.2) is 17.1 Å². The van der Waals surface area contributed by atoms with Gasteiger partial charge >= 0.3 is 12.0 Å². The fourth-order valence-electron chi connectivity index (χ4n) is 1.60. The number of hydrogen-bond donors (Lipinski definition) is 3. The first-order chi connectivity index (χ1) is 7.11. The Balaban J connectivity index is 2.58. The Bertz CT molecular complexity index is 444. The first kappa shape index (κ1) is 9.47. The van der Waals surface area contributed by atoms with E-state index >= 15 is 0 Å². The number of hydrogen-bond acceptors (Lipinski definition) is 3. The van der Waals surface area contributed by atoms with Gasteiger partial charge in [0.1, 0.15) is 0 Å². The molecule has 0 saturated carbocycles. The molecule has 0 radical (unpaired) electrons. The van der Waals surface area contributed by atoms with Gasteiger partial charge in [0, 0.05) is 6.54 Å². The maximum absolute atomic E-state index is 11.0. The summed E-state index contributed by atoms with van der Waals surface area (Å²) in [5, 5.41) is 10.00. The number of amides is 2. The maximum atomic E-state index is 11.0. The zero-order chi connectivity index (χ0) is 11.0. The minimum absolute atomic E-state index is 0.0660. The van der Waals surface area contributed by atoms with Crippen LogP contribution in [0.15, 0.2) is 18.2 Å². The van der Waals surface area contributed by atoms with Crippen LogP contribution in [0.25, 0.3) is 0 Å². The molecular formula is C9H9N3O3. The van der Waals surface area contributed by atoms with E-state index in [4.69, 9.17) is 10.8 Å². The van der Waals surface area contributed by atoms with Crippen LogP contribution < -0.4 is 16.2 Å². The molecule has 6 nitrogen and oxygen atoms in total. The van der Waals surface area contributed by atoms with E-state index in [-0.39, 0.29) is 5.56 Å². The Morgan fingerprint density at radius 2 is 2.20 bits per heavy atom. The molecule has 0 aromatic heterocycles. The lowest BCUT2D eigenvalue weighted by molar-refractivity contribution is 0.0697. The van der Waals surface area contributed by atoms with E-state index in [0.717, 1.165) is 10.6 Å². The van der Waals surface area contributed by atoms with Crippen molar-refractivity contribution in [2.24, 2.45) is 5.73 Å². The van der Waals surface area contributed by atoms with Crippen molar-refractivity contribution in [1.82, 2.24) is 5.43 Å². The van der Waals surface area contributed by atoms with Crippen molar-refractivity contribution < 1.29 is 14.7 Å². The fourth-order valence-corrected chi connectivity index (χ4v) is 1.60. The first-order valence-electron chi connectivity index (χ1n) is 4.29. The lowest BCUT2D eigenvalue weighted by Crippen LogP contribution is -2.42. The normalized spacial score (nSPS) is 13.7. The predicted octanol–water partition coefficient (Wildman–Crippen LogP) is 0.288. The highest BCUT2D eigenvalue weighted by molar-refractivity contribution is 6.02. The molecule has 0 fully saturated rings. The molecule has 1 heterocycles. The largest absolute Gasteiger partial charge is 0.478 e. The molecule has 78 valence electrons. The van der Waals surface area contributed by atoms with Gasteiger partial charge in [-0.25, -0.2) is 20.0 Å². The van der Waals surface area contributed by atoms with Crippen LogP contribution in [0.1, 0.15) is 15.9 Å². The van der Waals surface area contributed by atoms with Gasteiger partial charge in [-0.3, -0.25) is 0 Å². The standard InChI is InChI=1S/C9H9N3O3/c10-9(15)12-7-5(4-11-12)2-1-3-6(7)8(13)14/h1-3,11H,4H2,(H2,10,15)(H,13,14). The van der Waals surface area contributed by atoms with Gasteiger partial charge in [-0.1, -0.05) is 12.1 Å². The van der Waals surface area contributed by atoms with Crippen LogP contribution in [0.4, 0.5) is 10.5 Å². The van der Waals surface area contributed by atoms with Crippen molar-refractivity contribution in [3.05, 3.63) is 29.3 Å². The van der Waals surface area contributed by atoms with Crippen molar-refractivity contribution in [1.29, 1.82) is 0 Å². The van der Waals surface area contributed by atoms with E-state index in [1.165, 1.54) is 6.07 Å². The lowest BCUT2D eigenvalue weighted by atomic mass is 10.1. The second-order valence-electron chi connectivity index (χ2n) is 3.13. The number of nitrogens with zero attached hydrogens (tertiary/aromatic N) is 1. The van der Waals surface area contributed by atoms with E-state index in [0.29, 0.717) is 12.2 Å². The Labute approximate surface area is 85.3 Å². The van der Waals surface area contributed by atoms with Gasteiger partial charge in [0.2, 0.25) is 0 Å². The number of aromatic carboxylic acids is 1. The number of primary amides is 1. The Morgan fingerprint density at radius 3 is 2.80 bits per heavy atom. The molecule has 0 spiro atoms. The van der Waals surface area contributed by atoms with Gasteiger partial charge in [0.25, 0.3) is 0 Å². The van der Waals surface area contributed by atoms with Gasteiger partial charge in [-0.2, -0.15) is 0 Å². The summed E-state index contributed by atoms with van der Waals surface area (Å²) in [7, 11) is 0. The summed E-state index contributed by atoms with van der Waals surface area (Å²) in [5.74, 6) is -1.08. The number of nitrogens with two attached hydrogens (primary N) is 1. The summed E-state index contributed by atoms with van der Waals surface area (Å²) >= 11 is 0. The molecule has 1 aromatic rings. The Hall–Kier alpha value is -2.08. The van der Waals surface area contributed by atoms with Crippen molar-refractivity contribution in [3.8, 4) is 0 Å². The number of rotatable bonds is 1. The number of fused-ring (bicyclic) bond motifs is 1. The van der Waals surface area contributed by atoms with Crippen LogP contribution in [0.2, 0.25) is 0 Å². The van der Waals surface area contributed by atoms with E-state index in [2.05, 4.69) is 5.43 Å². The van der Waals surface area contributed by atoms with Crippen LogP contribution in [0.5, 0.6) is 0 Å². The average molecular weight is 207 g/mol. The molecule has 0 aliphatic carbocycles. The van der Waals surface area contributed by atoms with Crippen molar-refractivity contribution in [2.45, 2.75) is 6.54 Å². The van der Waals surface area contributed by atoms with Gasteiger partial charge in [0.15, 0.2) is 0 Å². The summed E-state index contributed by atoms with van der Waals surface area (Å²) in [4.78, 5) is 22.0. The number of urea groups is 1. The number of carboxylic acids is 1. The van der Waals surface area contributed by atoms with Gasteiger partial charge in [-0.05, 0) is 11.6 Å². The maximum Gasteiger partial charge on any atom is 0.337 e. The highest BCUT2D eigenvalue weighted by Crippen LogP contribution is 2.28. The average Bonchev–Trinajstić information content (AvgIpc) is 2.60. The van der Waals surface area contributed by atoms with E-state index < -0.39 is 12.0 Å². The van der Waals surface area contributed by atoms with E-state index in [1.54, 1.807) is 12.1 Å². The molecule has 6 heteroatoms. The van der Waals surface area contributed by atoms with Gasteiger partial charge in [-0.15, -0.1) is 0 Å². The van der Waals surface area contributed by atoms with Crippen LogP contribution in [-0.2, 0) is 6.54 Å². The number of para-hydroxylation sites is 1. The molecule has 0 unspecified atom stereocenters. The number of nitrogens with one attached hydrogen (secondary N) is 1. The third-order valence-corrected chi connectivity index (χ3v) is 2.22. The number of benzene rings is 1. The Morgan fingerprint density at radius 1 is 1.47 bits per heavy atom.